The highest BCUT2D eigenvalue weighted by Gasteiger charge is 2.50. The Morgan fingerprint density at radius 3 is 1.12 bits per heavy atom. The van der Waals surface area contributed by atoms with Crippen LogP contribution in [0.1, 0.15) is 78.1 Å². The van der Waals surface area contributed by atoms with Crippen molar-refractivity contribution >= 4 is 7.82 Å². The third-order valence-electron chi connectivity index (χ3n) is 5.63. The van der Waals surface area contributed by atoms with Crippen molar-refractivity contribution in [2.45, 2.75) is 127 Å². The topological polar surface area (TPSA) is 220 Å². The van der Waals surface area contributed by atoms with Gasteiger partial charge >= 0.3 is 7.82 Å². The van der Waals surface area contributed by atoms with Crippen LogP contribution in [-0.2, 0) is 9.09 Å². The summed E-state index contributed by atoms with van der Waals surface area (Å²) < 4.78 is 14.5. The third kappa shape index (κ3) is 12.3. The van der Waals surface area contributed by atoms with E-state index >= 15 is 0 Å². The molecular formula is C20H45N2O9P. The first-order chi connectivity index (χ1) is 14.9. The number of rotatable bonds is 2. The Hall–Kier alpha value is -0.170. The Morgan fingerprint density at radius 1 is 0.625 bits per heavy atom. The van der Waals surface area contributed by atoms with E-state index in [1.54, 1.807) is 0 Å². The molecule has 0 heterocycles. The molecule has 3 aliphatic carbocycles. The standard InChI is InChI=1S/2C6H13N.C6H13O9P.C2H6/c2*7-6-4-2-1-3-5-6;7-1-2(8)4(10)6(5(11)3(1)9)15-16(12,13)14;1-2/h2*6H,1-5,7H2;1-11H,(H2,12,13,14);1-2H3. The van der Waals surface area contributed by atoms with E-state index in [-0.39, 0.29) is 0 Å². The first-order valence-corrected chi connectivity index (χ1v) is 13.1. The molecule has 3 rings (SSSR count). The molecule has 3 saturated carbocycles. The SMILES string of the molecule is CC.NC1CCCCC1.NC1CCCCC1.O=P(O)(O)OC1C(O)C(O)C(O)C(O)C1O. The second kappa shape index (κ2) is 16.5. The van der Waals surface area contributed by atoms with Gasteiger partial charge in [0.25, 0.3) is 0 Å². The second-order valence-electron chi connectivity index (χ2n) is 8.31. The van der Waals surface area contributed by atoms with E-state index in [9.17, 15) is 25.0 Å². The van der Waals surface area contributed by atoms with Crippen LogP contribution in [0.3, 0.4) is 0 Å². The molecule has 12 heteroatoms. The van der Waals surface area contributed by atoms with Crippen molar-refractivity contribution in [1.29, 1.82) is 0 Å². The molecule has 0 amide bonds. The number of hydrogen-bond donors (Lipinski definition) is 9. The highest BCUT2D eigenvalue weighted by molar-refractivity contribution is 7.46. The summed E-state index contributed by atoms with van der Waals surface area (Å²) in [5.41, 5.74) is 11.3. The zero-order valence-corrected chi connectivity index (χ0v) is 20.1. The summed E-state index contributed by atoms with van der Waals surface area (Å²) in [7, 11) is -5.01. The quantitative estimate of drug-likeness (QED) is 0.233. The summed E-state index contributed by atoms with van der Waals surface area (Å²) in [5, 5.41) is 46.1. The predicted molar refractivity (Wildman–Crippen MR) is 120 cm³/mol. The summed E-state index contributed by atoms with van der Waals surface area (Å²) >= 11 is 0. The van der Waals surface area contributed by atoms with E-state index in [4.69, 9.17) is 26.4 Å². The molecule has 0 bridgehead atoms. The first kappa shape index (κ1) is 31.8. The maximum Gasteiger partial charge on any atom is 0.470 e. The van der Waals surface area contributed by atoms with Gasteiger partial charge in [0, 0.05) is 12.1 Å². The van der Waals surface area contributed by atoms with E-state index in [2.05, 4.69) is 4.52 Å². The van der Waals surface area contributed by atoms with Gasteiger partial charge in [-0.05, 0) is 25.7 Å². The van der Waals surface area contributed by atoms with Crippen molar-refractivity contribution < 1.29 is 44.4 Å². The van der Waals surface area contributed by atoms with Gasteiger partial charge in [0.05, 0.1) is 0 Å². The van der Waals surface area contributed by atoms with Crippen LogP contribution < -0.4 is 11.5 Å². The molecule has 32 heavy (non-hydrogen) atoms. The molecule has 0 aromatic rings. The average Bonchev–Trinajstić information content (AvgIpc) is 2.77. The number of phosphoric acid groups is 1. The largest absolute Gasteiger partial charge is 0.470 e. The Balaban J connectivity index is 0.000000494. The van der Waals surface area contributed by atoms with Crippen LogP contribution in [0.15, 0.2) is 0 Å². The van der Waals surface area contributed by atoms with Gasteiger partial charge in [0.1, 0.15) is 36.6 Å². The Labute approximate surface area is 191 Å². The van der Waals surface area contributed by atoms with Crippen molar-refractivity contribution in [3.05, 3.63) is 0 Å². The smallest absolute Gasteiger partial charge is 0.387 e. The molecule has 3 aliphatic rings. The van der Waals surface area contributed by atoms with Crippen LogP contribution in [0.2, 0.25) is 0 Å². The van der Waals surface area contributed by atoms with Crippen LogP contribution in [-0.4, -0.2) is 84.0 Å². The molecule has 0 aromatic heterocycles. The fourth-order valence-electron chi connectivity index (χ4n) is 3.75. The Bertz CT molecular complexity index is 481. The monoisotopic (exact) mass is 488 g/mol. The minimum atomic E-state index is -5.01. The van der Waals surface area contributed by atoms with Gasteiger partial charge in [-0.1, -0.05) is 52.4 Å². The summed E-state index contributed by atoms with van der Waals surface area (Å²) in [6, 6.07) is 1.07. The van der Waals surface area contributed by atoms with Crippen LogP contribution >= 0.6 is 7.82 Å². The molecule has 4 atom stereocenters. The number of hydrogen-bond acceptors (Lipinski definition) is 9. The van der Waals surface area contributed by atoms with Gasteiger partial charge in [0.2, 0.25) is 0 Å². The van der Waals surface area contributed by atoms with Gasteiger partial charge in [-0.2, -0.15) is 0 Å². The fourth-order valence-corrected chi connectivity index (χ4v) is 4.31. The van der Waals surface area contributed by atoms with Gasteiger partial charge in [-0.15, -0.1) is 0 Å². The highest BCUT2D eigenvalue weighted by Crippen LogP contribution is 2.41. The lowest BCUT2D eigenvalue weighted by molar-refractivity contribution is -0.219. The zero-order chi connectivity index (χ0) is 24.9. The van der Waals surface area contributed by atoms with E-state index in [1.165, 1.54) is 64.2 Å². The van der Waals surface area contributed by atoms with E-state index in [0.29, 0.717) is 12.1 Å². The molecule has 0 aromatic carbocycles. The van der Waals surface area contributed by atoms with Crippen molar-refractivity contribution in [1.82, 2.24) is 0 Å². The minimum Gasteiger partial charge on any atom is -0.387 e. The summed E-state index contributed by atoms with van der Waals surface area (Å²) in [6.45, 7) is 4.00. The number of phosphoric ester groups is 1. The molecular weight excluding hydrogens is 443 g/mol. The lowest BCUT2D eigenvalue weighted by Crippen LogP contribution is -2.64. The van der Waals surface area contributed by atoms with Crippen molar-refractivity contribution in [3.8, 4) is 0 Å². The third-order valence-corrected chi connectivity index (χ3v) is 6.15. The van der Waals surface area contributed by atoms with Gasteiger partial charge in [-0.25, -0.2) is 4.57 Å². The highest BCUT2D eigenvalue weighted by atomic mass is 31.2. The minimum absolute atomic E-state index is 0.536. The number of aliphatic hydroxyl groups excluding tert-OH is 5. The molecule has 0 spiro atoms. The van der Waals surface area contributed by atoms with Crippen molar-refractivity contribution in [2.75, 3.05) is 0 Å². The molecule has 11 N–H and O–H groups in total. The van der Waals surface area contributed by atoms with E-state index in [1.807, 2.05) is 13.8 Å². The normalized spacial score (nSPS) is 34.1. The first-order valence-electron chi connectivity index (χ1n) is 11.6. The van der Waals surface area contributed by atoms with Crippen LogP contribution in [0.4, 0.5) is 0 Å². The summed E-state index contributed by atoms with van der Waals surface area (Å²) in [5.74, 6) is 0. The Morgan fingerprint density at radius 2 is 0.906 bits per heavy atom. The molecule has 3 fully saturated rings. The van der Waals surface area contributed by atoms with Crippen LogP contribution in [0.25, 0.3) is 0 Å². The van der Waals surface area contributed by atoms with E-state index < -0.39 is 44.4 Å². The van der Waals surface area contributed by atoms with Crippen LogP contribution in [0, 0.1) is 0 Å². The van der Waals surface area contributed by atoms with E-state index in [0.717, 1.165) is 0 Å². The van der Waals surface area contributed by atoms with Gasteiger partial charge < -0.3 is 46.8 Å². The molecule has 4 unspecified atom stereocenters. The summed E-state index contributed by atoms with van der Waals surface area (Å²) in [4.78, 5) is 17.0. The number of nitrogens with two attached hydrogens (primary N) is 2. The lowest BCUT2D eigenvalue weighted by Gasteiger charge is -2.41. The lowest BCUT2D eigenvalue weighted by atomic mass is 9.85. The maximum absolute atomic E-state index is 10.5. The molecule has 0 saturated heterocycles. The number of aliphatic hydroxyl groups is 5. The molecule has 0 radical (unpaired) electrons. The van der Waals surface area contributed by atoms with Crippen LogP contribution in [0.5, 0.6) is 0 Å². The molecule has 11 nitrogen and oxygen atoms in total. The van der Waals surface area contributed by atoms with Crippen molar-refractivity contribution in [3.63, 3.8) is 0 Å². The predicted octanol–water partition coefficient (Wildman–Crippen LogP) is -0.136. The zero-order valence-electron chi connectivity index (χ0n) is 19.2. The maximum atomic E-state index is 10.5. The Kier molecular flexibility index (Phi) is 16.4. The molecule has 194 valence electrons. The fraction of sp³-hybridized carbons (Fsp3) is 1.00. The van der Waals surface area contributed by atoms with Crippen molar-refractivity contribution in [2.24, 2.45) is 11.5 Å². The molecule has 0 aliphatic heterocycles. The van der Waals surface area contributed by atoms with Gasteiger partial charge in [-0.3, -0.25) is 4.52 Å². The second-order valence-corrected chi connectivity index (χ2v) is 9.50. The summed E-state index contributed by atoms with van der Waals surface area (Å²) in [6.07, 6.45) is 1.98. The average molecular weight is 489 g/mol. The van der Waals surface area contributed by atoms with Gasteiger partial charge in [0.15, 0.2) is 0 Å².